The van der Waals surface area contributed by atoms with Crippen molar-refractivity contribution in [2.75, 3.05) is 19.0 Å². The largest absolute Gasteiger partial charge is 0.496 e. The minimum absolute atomic E-state index is 0.551. The number of pyridine rings is 1. The molecule has 2 aromatic heterocycles. The maximum atomic E-state index is 5.36. The van der Waals surface area contributed by atoms with Gasteiger partial charge in [-0.25, -0.2) is 9.97 Å². The van der Waals surface area contributed by atoms with Crippen LogP contribution >= 0.6 is 0 Å². The third-order valence-corrected chi connectivity index (χ3v) is 3.61. The Bertz CT molecular complexity index is 805. The van der Waals surface area contributed by atoms with E-state index in [0.717, 1.165) is 29.0 Å². The fourth-order valence-electron chi connectivity index (χ4n) is 2.34. The number of ether oxygens (including phenoxy) is 1. The van der Waals surface area contributed by atoms with Gasteiger partial charge in [0.1, 0.15) is 12.1 Å². The Hall–Kier alpha value is -3.02. The number of hydrogen-bond donors (Lipinski definition) is 1. The van der Waals surface area contributed by atoms with Crippen LogP contribution in [0.25, 0.3) is 11.4 Å². The van der Waals surface area contributed by atoms with E-state index < -0.39 is 0 Å². The minimum atomic E-state index is 0.551. The van der Waals surface area contributed by atoms with Crippen LogP contribution in [0.4, 0.5) is 5.95 Å². The van der Waals surface area contributed by atoms with Gasteiger partial charge in [-0.2, -0.15) is 4.98 Å². The molecule has 0 saturated carbocycles. The van der Waals surface area contributed by atoms with E-state index in [-0.39, 0.29) is 0 Å². The molecular formula is C18H19N5O. The quantitative estimate of drug-likeness (QED) is 0.752. The molecule has 0 aliphatic carbocycles. The molecule has 6 nitrogen and oxygen atoms in total. The van der Waals surface area contributed by atoms with Crippen LogP contribution in [0.1, 0.15) is 11.3 Å². The Balaban J connectivity index is 1.66. The molecule has 0 amide bonds. The summed E-state index contributed by atoms with van der Waals surface area (Å²) >= 11 is 0. The van der Waals surface area contributed by atoms with Gasteiger partial charge >= 0.3 is 0 Å². The molecule has 0 aliphatic rings. The highest BCUT2D eigenvalue weighted by Crippen LogP contribution is 2.18. The van der Waals surface area contributed by atoms with Crippen molar-refractivity contribution in [3.05, 3.63) is 60.2 Å². The Morgan fingerprint density at radius 3 is 2.71 bits per heavy atom. The highest BCUT2D eigenvalue weighted by atomic mass is 16.5. The summed E-state index contributed by atoms with van der Waals surface area (Å²) in [5, 5.41) is 3.23. The lowest BCUT2D eigenvalue weighted by atomic mass is 10.1. The number of hydrogen-bond acceptors (Lipinski definition) is 6. The van der Waals surface area contributed by atoms with Crippen molar-refractivity contribution < 1.29 is 4.74 Å². The van der Waals surface area contributed by atoms with E-state index >= 15 is 0 Å². The van der Waals surface area contributed by atoms with Gasteiger partial charge in [0, 0.05) is 24.0 Å². The monoisotopic (exact) mass is 321 g/mol. The van der Waals surface area contributed by atoms with Gasteiger partial charge in [-0.3, -0.25) is 4.98 Å². The number of rotatable bonds is 6. The lowest BCUT2D eigenvalue weighted by Gasteiger charge is -2.09. The first kappa shape index (κ1) is 15.9. The predicted octanol–water partition coefficient (Wildman–Crippen LogP) is 2.91. The number of anilines is 1. The maximum Gasteiger partial charge on any atom is 0.226 e. The van der Waals surface area contributed by atoms with Gasteiger partial charge in [0.2, 0.25) is 5.95 Å². The molecule has 2 heterocycles. The van der Waals surface area contributed by atoms with Crippen LogP contribution in [0.3, 0.4) is 0 Å². The molecule has 0 radical (unpaired) electrons. The Morgan fingerprint density at radius 1 is 1.04 bits per heavy atom. The topological polar surface area (TPSA) is 72.8 Å². The first-order chi connectivity index (χ1) is 11.8. The molecule has 0 atom stereocenters. The van der Waals surface area contributed by atoms with E-state index in [0.29, 0.717) is 18.3 Å². The molecule has 1 N–H and O–H groups in total. The van der Waals surface area contributed by atoms with Crippen LogP contribution in [0, 0.1) is 6.92 Å². The van der Waals surface area contributed by atoms with Crippen molar-refractivity contribution in [2.24, 2.45) is 0 Å². The molecule has 0 spiro atoms. The van der Waals surface area contributed by atoms with Gasteiger partial charge in [-0.1, -0.05) is 18.2 Å². The second kappa shape index (κ2) is 7.50. The summed E-state index contributed by atoms with van der Waals surface area (Å²) in [6.45, 7) is 2.65. The van der Waals surface area contributed by atoms with Gasteiger partial charge in [-0.05, 0) is 37.1 Å². The first-order valence-electron chi connectivity index (χ1n) is 7.74. The summed E-state index contributed by atoms with van der Waals surface area (Å²) in [7, 11) is 1.68. The number of aryl methyl sites for hydroxylation is 1. The molecule has 0 saturated heterocycles. The van der Waals surface area contributed by atoms with E-state index in [1.165, 1.54) is 6.33 Å². The minimum Gasteiger partial charge on any atom is -0.496 e. The van der Waals surface area contributed by atoms with Crippen molar-refractivity contribution in [2.45, 2.75) is 13.3 Å². The molecule has 0 aliphatic heterocycles. The van der Waals surface area contributed by atoms with E-state index in [2.05, 4.69) is 31.3 Å². The molecule has 0 unspecified atom stereocenters. The summed E-state index contributed by atoms with van der Waals surface area (Å²) in [6, 6.07) is 11.9. The highest BCUT2D eigenvalue weighted by Gasteiger charge is 2.05. The third-order valence-electron chi connectivity index (χ3n) is 3.61. The summed E-state index contributed by atoms with van der Waals surface area (Å²) in [6.07, 6.45) is 4.09. The highest BCUT2D eigenvalue weighted by molar-refractivity contribution is 5.54. The van der Waals surface area contributed by atoms with Crippen molar-refractivity contribution in [1.82, 2.24) is 19.9 Å². The van der Waals surface area contributed by atoms with E-state index in [9.17, 15) is 0 Å². The zero-order valence-corrected chi connectivity index (χ0v) is 13.7. The van der Waals surface area contributed by atoms with Gasteiger partial charge in [0.25, 0.3) is 0 Å². The standard InChI is InChI=1S/C18H19N5O/c1-13-7-8-15(11-20-13)17-21-12-22-18(23-17)19-10-9-14-5-3-4-6-16(14)24-2/h3-8,11-12H,9-10H2,1-2H3,(H,19,21,22,23). The molecule has 122 valence electrons. The van der Waals surface area contributed by atoms with Crippen LogP contribution in [0.15, 0.2) is 48.9 Å². The summed E-state index contributed by atoms with van der Waals surface area (Å²) in [4.78, 5) is 17.1. The normalized spacial score (nSPS) is 10.4. The van der Waals surface area contributed by atoms with Crippen LogP contribution < -0.4 is 10.1 Å². The number of para-hydroxylation sites is 1. The number of aromatic nitrogens is 4. The van der Waals surface area contributed by atoms with Crippen LogP contribution in [-0.2, 0) is 6.42 Å². The molecule has 0 bridgehead atoms. The van der Waals surface area contributed by atoms with Gasteiger partial charge in [-0.15, -0.1) is 0 Å². The fraction of sp³-hybridized carbons (Fsp3) is 0.222. The Labute approximate surface area is 141 Å². The second-order valence-electron chi connectivity index (χ2n) is 5.31. The summed E-state index contributed by atoms with van der Waals surface area (Å²) in [5.41, 5.74) is 2.98. The van der Waals surface area contributed by atoms with Crippen LogP contribution in [0.2, 0.25) is 0 Å². The number of nitrogens with zero attached hydrogens (tertiary/aromatic N) is 4. The zero-order chi connectivity index (χ0) is 16.8. The third kappa shape index (κ3) is 3.84. The summed E-state index contributed by atoms with van der Waals surface area (Å²) < 4.78 is 5.36. The number of methoxy groups -OCH3 is 1. The summed E-state index contributed by atoms with van der Waals surface area (Å²) in [5.74, 6) is 2.05. The Kier molecular flexibility index (Phi) is 4.96. The Morgan fingerprint density at radius 2 is 1.92 bits per heavy atom. The smallest absolute Gasteiger partial charge is 0.226 e. The van der Waals surface area contributed by atoms with Crippen LogP contribution in [-0.4, -0.2) is 33.6 Å². The van der Waals surface area contributed by atoms with Crippen molar-refractivity contribution >= 4 is 5.95 Å². The number of nitrogens with one attached hydrogen (secondary N) is 1. The second-order valence-corrected chi connectivity index (χ2v) is 5.31. The maximum absolute atomic E-state index is 5.36. The van der Waals surface area contributed by atoms with Gasteiger partial charge in [0.05, 0.1) is 7.11 Å². The molecule has 1 aromatic carbocycles. The molecule has 3 rings (SSSR count). The van der Waals surface area contributed by atoms with Crippen molar-refractivity contribution in [3.8, 4) is 17.1 Å². The lowest BCUT2D eigenvalue weighted by Crippen LogP contribution is -2.09. The molecule has 3 aromatic rings. The molecule has 6 heteroatoms. The molecule has 0 fully saturated rings. The van der Waals surface area contributed by atoms with Crippen LogP contribution in [0.5, 0.6) is 5.75 Å². The SMILES string of the molecule is COc1ccccc1CCNc1ncnc(-c2ccc(C)nc2)n1. The number of benzene rings is 1. The fourth-order valence-corrected chi connectivity index (χ4v) is 2.34. The lowest BCUT2D eigenvalue weighted by molar-refractivity contribution is 0.410. The zero-order valence-electron chi connectivity index (χ0n) is 13.7. The van der Waals surface area contributed by atoms with E-state index in [1.807, 2.05) is 37.3 Å². The van der Waals surface area contributed by atoms with E-state index in [1.54, 1.807) is 13.3 Å². The molecule has 24 heavy (non-hydrogen) atoms. The average Bonchev–Trinajstić information content (AvgIpc) is 2.63. The molecular weight excluding hydrogens is 302 g/mol. The first-order valence-corrected chi connectivity index (χ1v) is 7.74. The average molecular weight is 321 g/mol. The predicted molar refractivity (Wildman–Crippen MR) is 93.0 cm³/mol. The van der Waals surface area contributed by atoms with Crippen molar-refractivity contribution in [1.29, 1.82) is 0 Å². The van der Waals surface area contributed by atoms with Gasteiger partial charge in [0.15, 0.2) is 5.82 Å². The van der Waals surface area contributed by atoms with Crippen molar-refractivity contribution in [3.63, 3.8) is 0 Å². The van der Waals surface area contributed by atoms with Gasteiger partial charge < -0.3 is 10.1 Å². The van der Waals surface area contributed by atoms with E-state index in [4.69, 9.17) is 4.74 Å².